The molecule has 2 heterocycles. The monoisotopic (exact) mass is 579 g/mol. The average molecular weight is 580 g/mol. The SMILES string of the molecule is CCc1nc2c(C)cc(-c3cn(CCC(N)=O)cn3)cc2n1Cc1ccc(-c2ccccc2OC(=O)OC(C)(C)C)cc1. The van der Waals surface area contributed by atoms with Crippen molar-refractivity contribution < 1.29 is 19.1 Å². The molecule has 2 N–H and O–H groups in total. The lowest BCUT2D eigenvalue weighted by Gasteiger charge is -2.19. The zero-order chi connectivity index (χ0) is 30.7. The highest BCUT2D eigenvalue weighted by Gasteiger charge is 2.20. The van der Waals surface area contributed by atoms with E-state index in [9.17, 15) is 9.59 Å². The Morgan fingerprint density at radius 2 is 1.74 bits per heavy atom. The molecule has 222 valence electrons. The molecule has 9 heteroatoms. The van der Waals surface area contributed by atoms with Crippen molar-refractivity contribution in [3.8, 4) is 28.1 Å². The summed E-state index contributed by atoms with van der Waals surface area (Å²) in [6.45, 7) is 10.7. The van der Waals surface area contributed by atoms with E-state index < -0.39 is 11.8 Å². The molecule has 0 saturated heterocycles. The molecule has 2 aromatic heterocycles. The Morgan fingerprint density at radius 3 is 2.44 bits per heavy atom. The number of benzene rings is 3. The van der Waals surface area contributed by atoms with Crippen molar-refractivity contribution in [2.24, 2.45) is 5.73 Å². The number of carbonyl (C=O) groups excluding carboxylic acids is 2. The minimum atomic E-state index is -0.734. The largest absolute Gasteiger partial charge is 0.514 e. The molecule has 5 rings (SSSR count). The Morgan fingerprint density at radius 1 is 1.00 bits per heavy atom. The average Bonchev–Trinajstić information content (AvgIpc) is 3.57. The summed E-state index contributed by atoms with van der Waals surface area (Å²) in [6, 6.07) is 19.9. The minimum absolute atomic E-state index is 0.266. The molecule has 0 aliphatic heterocycles. The second-order valence-corrected chi connectivity index (χ2v) is 11.6. The number of aromatic nitrogens is 4. The Balaban J connectivity index is 1.42. The number of nitrogens with zero attached hydrogens (tertiary/aromatic N) is 4. The first-order chi connectivity index (χ1) is 20.5. The summed E-state index contributed by atoms with van der Waals surface area (Å²) in [6.07, 6.45) is 3.99. The van der Waals surface area contributed by atoms with Crippen molar-refractivity contribution in [1.29, 1.82) is 0 Å². The van der Waals surface area contributed by atoms with Gasteiger partial charge in [-0.15, -0.1) is 0 Å². The molecular weight excluding hydrogens is 542 g/mol. The van der Waals surface area contributed by atoms with E-state index in [4.69, 9.17) is 20.2 Å². The number of amides is 1. The van der Waals surface area contributed by atoms with E-state index in [0.717, 1.165) is 56.8 Å². The van der Waals surface area contributed by atoms with Crippen LogP contribution in [0.1, 0.15) is 51.1 Å². The first kappa shape index (κ1) is 29.6. The molecule has 0 aliphatic carbocycles. The van der Waals surface area contributed by atoms with E-state index in [-0.39, 0.29) is 12.3 Å². The molecule has 0 atom stereocenters. The van der Waals surface area contributed by atoms with Gasteiger partial charge in [0.15, 0.2) is 0 Å². The van der Waals surface area contributed by atoms with Crippen LogP contribution in [0.5, 0.6) is 5.75 Å². The number of hydrogen-bond donors (Lipinski definition) is 1. The Kier molecular flexibility index (Phi) is 8.34. The highest BCUT2D eigenvalue weighted by molar-refractivity contribution is 5.85. The zero-order valence-electron chi connectivity index (χ0n) is 25.3. The van der Waals surface area contributed by atoms with Crippen LogP contribution in [-0.4, -0.2) is 36.8 Å². The topological polar surface area (TPSA) is 114 Å². The van der Waals surface area contributed by atoms with E-state index in [0.29, 0.717) is 18.8 Å². The van der Waals surface area contributed by atoms with Gasteiger partial charge in [0.25, 0.3) is 0 Å². The summed E-state index contributed by atoms with van der Waals surface area (Å²) in [7, 11) is 0. The number of primary amides is 1. The highest BCUT2D eigenvalue weighted by Crippen LogP contribution is 2.32. The normalized spacial score (nSPS) is 11.6. The fourth-order valence-electron chi connectivity index (χ4n) is 5.03. The lowest BCUT2D eigenvalue weighted by molar-refractivity contribution is -0.118. The van der Waals surface area contributed by atoms with Crippen LogP contribution in [0.3, 0.4) is 0 Å². The van der Waals surface area contributed by atoms with Crippen LogP contribution >= 0.6 is 0 Å². The number of carbonyl (C=O) groups is 2. The van der Waals surface area contributed by atoms with Gasteiger partial charge in [-0.1, -0.05) is 49.4 Å². The second kappa shape index (κ2) is 12.1. The smallest absolute Gasteiger partial charge is 0.428 e. The van der Waals surface area contributed by atoms with Crippen LogP contribution in [0.15, 0.2) is 73.2 Å². The van der Waals surface area contributed by atoms with Crippen molar-refractivity contribution in [2.75, 3.05) is 0 Å². The van der Waals surface area contributed by atoms with Gasteiger partial charge in [-0.3, -0.25) is 4.79 Å². The van der Waals surface area contributed by atoms with E-state index in [1.54, 1.807) is 33.2 Å². The standard InChI is InChI=1S/C34H37N5O4/c1-6-31-37-32-22(2)17-25(27-20-38(21-36-27)16-15-30(35)40)18-28(32)39(31)19-23-11-13-24(14-12-23)26-9-7-8-10-29(26)42-33(41)43-34(3,4)5/h7-14,17-18,20-21H,6,15-16,19H2,1-5H3,(H2,35,40). The number of hydrogen-bond acceptors (Lipinski definition) is 6. The second-order valence-electron chi connectivity index (χ2n) is 11.6. The van der Waals surface area contributed by atoms with E-state index in [1.165, 1.54) is 0 Å². The maximum absolute atomic E-state index is 12.3. The third-order valence-electron chi connectivity index (χ3n) is 7.06. The zero-order valence-corrected chi connectivity index (χ0v) is 25.3. The predicted molar refractivity (Wildman–Crippen MR) is 167 cm³/mol. The van der Waals surface area contributed by atoms with Crippen LogP contribution < -0.4 is 10.5 Å². The Hall–Kier alpha value is -4.92. The highest BCUT2D eigenvalue weighted by atomic mass is 16.7. The summed E-state index contributed by atoms with van der Waals surface area (Å²) < 4.78 is 15.0. The van der Waals surface area contributed by atoms with Crippen molar-refractivity contribution in [2.45, 2.75) is 66.2 Å². The number of para-hydroxylation sites is 1. The number of ether oxygens (including phenoxy) is 2. The number of rotatable bonds is 9. The van der Waals surface area contributed by atoms with Gasteiger partial charge in [-0.25, -0.2) is 14.8 Å². The molecule has 0 radical (unpaired) electrons. The van der Waals surface area contributed by atoms with Gasteiger partial charge in [0.1, 0.15) is 17.2 Å². The van der Waals surface area contributed by atoms with Gasteiger partial charge < -0.3 is 24.3 Å². The molecule has 43 heavy (non-hydrogen) atoms. The van der Waals surface area contributed by atoms with Crippen LogP contribution in [0.4, 0.5) is 4.79 Å². The molecular formula is C34H37N5O4. The fraction of sp³-hybridized carbons (Fsp3) is 0.294. The summed E-state index contributed by atoms with van der Waals surface area (Å²) in [5, 5.41) is 0. The maximum atomic E-state index is 12.3. The molecule has 3 aromatic carbocycles. The molecule has 5 aromatic rings. The molecule has 0 unspecified atom stereocenters. The summed E-state index contributed by atoms with van der Waals surface area (Å²) in [5.41, 5.74) is 12.4. The van der Waals surface area contributed by atoms with E-state index in [2.05, 4.69) is 47.7 Å². The Labute approximate surface area is 251 Å². The van der Waals surface area contributed by atoms with Crippen molar-refractivity contribution >= 4 is 23.1 Å². The first-order valence-corrected chi connectivity index (χ1v) is 14.4. The lowest BCUT2D eigenvalue weighted by Crippen LogP contribution is -2.26. The maximum Gasteiger partial charge on any atom is 0.514 e. The van der Waals surface area contributed by atoms with Crippen LogP contribution in [0.25, 0.3) is 33.4 Å². The molecule has 0 saturated carbocycles. The van der Waals surface area contributed by atoms with E-state index >= 15 is 0 Å². The van der Waals surface area contributed by atoms with Crippen molar-refractivity contribution in [3.05, 3.63) is 90.1 Å². The van der Waals surface area contributed by atoms with E-state index in [1.807, 2.05) is 41.1 Å². The molecule has 9 nitrogen and oxygen atoms in total. The third-order valence-corrected chi connectivity index (χ3v) is 7.06. The van der Waals surface area contributed by atoms with Gasteiger partial charge in [0.05, 0.1) is 23.1 Å². The molecule has 0 fully saturated rings. The van der Waals surface area contributed by atoms with Gasteiger partial charge >= 0.3 is 6.16 Å². The quantitative estimate of drug-likeness (QED) is 0.154. The molecule has 1 amide bonds. The van der Waals surface area contributed by atoms with Gasteiger partial charge in [-0.2, -0.15) is 0 Å². The number of aryl methyl sites for hydroxylation is 3. The van der Waals surface area contributed by atoms with Crippen LogP contribution in [0.2, 0.25) is 0 Å². The van der Waals surface area contributed by atoms with Crippen molar-refractivity contribution in [1.82, 2.24) is 19.1 Å². The summed E-state index contributed by atoms with van der Waals surface area (Å²) >= 11 is 0. The van der Waals surface area contributed by atoms with Gasteiger partial charge in [0, 0.05) is 43.3 Å². The number of nitrogens with two attached hydrogens (primary N) is 1. The minimum Gasteiger partial charge on any atom is -0.428 e. The lowest BCUT2D eigenvalue weighted by atomic mass is 10.0. The Bertz CT molecular complexity index is 1780. The summed E-state index contributed by atoms with van der Waals surface area (Å²) in [4.78, 5) is 33.1. The molecule has 0 spiro atoms. The van der Waals surface area contributed by atoms with Crippen molar-refractivity contribution in [3.63, 3.8) is 0 Å². The number of imidazole rings is 2. The van der Waals surface area contributed by atoms with Crippen LogP contribution in [-0.2, 0) is 29.0 Å². The predicted octanol–water partition coefficient (Wildman–Crippen LogP) is 6.68. The molecule has 0 bridgehead atoms. The van der Waals surface area contributed by atoms with Gasteiger partial charge in [-0.05, 0) is 62.6 Å². The number of fused-ring (bicyclic) bond motifs is 1. The van der Waals surface area contributed by atoms with Gasteiger partial charge in [0.2, 0.25) is 5.91 Å². The fourth-order valence-corrected chi connectivity index (χ4v) is 5.03. The third kappa shape index (κ3) is 6.94. The molecule has 0 aliphatic rings. The summed E-state index contributed by atoms with van der Waals surface area (Å²) in [5.74, 6) is 1.11. The first-order valence-electron chi connectivity index (χ1n) is 14.4. The van der Waals surface area contributed by atoms with Crippen LogP contribution in [0, 0.1) is 6.92 Å².